The SMILES string of the molecule is C=CCCOP(=O)(SC(C)CC)N(C)C=S. The molecule has 0 aliphatic carbocycles. The smallest absolute Gasteiger partial charge is 0.305 e. The highest BCUT2D eigenvalue weighted by Crippen LogP contribution is 2.63. The minimum absolute atomic E-state index is 0.284. The molecule has 16 heavy (non-hydrogen) atoms. The zero-order valence-electron chi connectivity index (χ0n) is 10.1. The number of rotatable bonds is 9. The number of hydrogen-bond donors (Lipinski definition) is 0. The van der Waals surface area contributed by atoms with Crippen LogP contribution in [0.4, 0.5) is 0 Å². The van der Waals surface area contributed by atoms with Crippen molar-refractivity contribution in [2.45, 2.75) is 31.9 Å². The highest BCUT2D eigenvalue weighted by Gasteiger charge is 2.30. The van der Waals surface area contributed by atoms with E-state index >= 15 is 0 Å². The van der Waals surface area contributed by atoms with Gasteiger partial charge in [-0.05, 0) is 24.2 Å². The lowest BCUT2D eigenvalue weighted by Crippen LogP contribution is -2.13. The van der Waals surface area contributed by atoms with Gasteiger partial charge in [-0.15, -0.1) is 6.58 Å². The molecule has 0 radical (unpaired) electrons. The van der Waals surface area contributed by atoms with Crippen LogP contribution in [0.15, 0.2) is 12.7 Å². The van der Waals surface area contributed by atoms with Crippen molar-refractivity contribution >= 4 is 35.8 Å². The molecule has 6 heteroatoms. The van der Waals surface area contributed by atoms with Crippen LogP contribution in [-0.2, 0) is 9.09 Å². The second-order valence-electron chi connectivity index (χ2n) is 3.38. The molecule has 0 aromatic carbocycles. The summed E-state index contributed by atoms with van der Waals surface area (Å²) in [6, 6.07) is 0. The number of nitrogens with zero attached hydrogens (tertiary/aromatic N) is 1. The van der Waals surface area contributed by atoms with E-state index in [-0.39, 0.29) is 5.25 Å². The average Bonchev–Trinajstić information content (AvgIpc) is 2.28. The molecule has 0 aromatic rings. The van der Waals surface area contributed by atoms with Crippen molar-refractivity contribution in [3.05, 3.63) is 12.7 Å². The van der Waals surface area contributed by atoms with Crippen LogP contribution < -0.4 is 0 Å². The first-order chi connectivity index (χ1) is 7.50. The van der Waals surface area contributed by atoms with E-state index in [0.717, 1.165) is 6.42 Å². The standard InChI is InChI=1S/C10H20NO2PS2/c1-5-7-8-13-14(12,11(4)9-15)16-10(3)6-2/h5,9-10H,1,6-8H2,2-4H3. The second-order valence-corrected chi connectivity index (χ2v) is 8.45. The zero-order valence-corrected chi connectivity index (χ0v) is 12.6. The van der Waals surface area contributed by atoms with Gasteiger partial charge < -0.3 is 4.52 Å². The molecule has 0 amide bonds. The quantitative estimate of drug-likeness (QED) is 0.275. The van der Waals surface area contributed by atoms with E-state index in [1.165, 1.54) is 21.5 Å². The summed E-state index contributed by atoms with van der Waals surface area (Å²) >= 11 is 6.16. The Bertz CT molecular complexity index is 274. The van der Waals surface area contributed by atoms with E-state index in [2.05, 4.69) is 13.5 Å². The molecule has 0 fully saturated rings. The molecule has 0 aliphatic heterocycles. The molecule has 0 rings (SSSR count). The summed E-state index contributed by atoms with van der Waals surface area (Å²) in [7, 11) is 1.69. The second kappa shape index (κ2) is 8.29. The molecule has 0 saturated heterocycles. The van der Waals surface area contributed by atoms with Gasteiger partial charge in [0.2, 0.25) is 0 Å². The van der Waals surface area contributed by atoms with Gasteiger partial charge in [0, 0.05) is 12.3 Å². The Morgan fingerprint density at radius 1 is 1.69 bits per heavy atom. The van der Waals surface area contributed by atoms with Gasteiger partial charge in [0.15, 0.2) is 0 Å². The predicted octanol–water partition coefficient (Wildman–Crippen LogP) is 4.11. The van der Waals surface area contributed by atoms with Crippen LogP contribution in [0.5, 0.6) is 0 Å². The fourth-order valence-electron chi connectivity index (χ4n) is 0.807. The minimum Gasteiger partial charge on any atom is -0.305 e. The number of thiocarbonyl (C=S) groups is 1. The van der Waals surface area contributed by atoms with Crippen LogP contribution in [0.25, 0.3) is 0 Å². The van der Waals surface area contributed by atoms with Crippen molar-refractivity contribution in [2.75, 3.05) is 13.7 Å². The topological polar surface area (TPSA) is 29.5 Å². The Kier molecular flexibility index (Phi) is 8.38. The van der Waals surface area contributed by atoms with E-state index < -0.39 is 6.72 Å². The molecule has 0 bridgehead atoms. The summed E-state index contributed by atoms with van der Waals surface area (Å²) in [4.78, 5) is 0. The Hall–Kier alpha value is 0.170. The predicted molar refractivity (Wildman–Crippen MR) is 77.1 cm³/mol. The van der Waals surface area contributed by atoms with Crippen LogP contribution in [0.3, 0.4) is 0 Å². The zero-order chi connectivity index (χ0) is 12.6. The normalized spacial score (nSPS) is 16.2. The van der Waals surface area contributed by atoms with Gasteiger partial charge in [-0.2, -0.15) is 0 Å². The third-order valence-corrected chi connectivity index (χ3v) is 7.80. The largest absolute Gasteiger partial charge is 0.353 e. The molecule has 2 atom stereocenters. The van der Waals surface area contributed by atoms with Crippen LogP contribution in [0, 0.1) is 0 Å². The monoisotopic (exact) mass is 281 g/mol. The van der Waals surface area contributed by atoms with Crippen molar-refractivity contribution in [3.63, 3.8) is 0 Å². The maximum Gasteiger partial charge on any atom is 0.353 e. The molecule has 0 spiro atoms. The van der Waals surface area contributed by atoms with Crippen LogP contribution in [0.1, 0.15) is 26.7 Å². The van der Waals surface area contributed by atoms with Crippen LogP contribution in [0.2, 0.25) is 0 Å². The first-order valence-electron chi connectivity index (χ1n) is 5.22. The van der Waals surface area contributed by atoms with E-state index in [1.54, 1.807) is 13.1 Å². The summed E-state index contributed by atoms with van der Waals surface area (Å²) in [5, 5.41) is 0.284. The van der Waals surface area contributed by atoms with Crippen molar-refractivity contribution < 1.29 is 9.09 Å². The average molecular weight is 281 g/mol. The first kappa shape index (κ1) is 16.2. The molecule has 0 aliphatic rings. The number of hydrogen-bond acceptors (Lipinski definition) is 4. The molecule has 94 valence electrons. The fraction of sp³-hybridized carbons (Fsp3) is 0.700. The summed E-state index contributed by atoms with van der Waals surface area (Å²) in [6.07, 6.45) is 3.39. The van der Waals surface area contributed by atoms with E-state index in [4.69, 9.17) is 16.7 Å². The van der Waals surface area contributed by atoms with Crippen molar-refractivity contribution in [3.8, 4) is 0 Å². The molecule has 0 N–H and O–H groups in total. The van der Waals surface area contributed by atoms with Crippen molar-refractivity contribution in [2.24, 2.45) is 0 Å². The lowest BCUT2D eigenvalue weighted by atomic mass is 10.4. The molecular weight excluding hydrogens is 261 g/mol. The van der Waals surface area contributed by atoms with E-state index in [0.29, 0.717) is 13.0 Å². The maximum atomic E-state index is 12.5. The molecule has 2 unspecified atom stereocenters. The van der Waals surface area contributed by atoms with Gasteiger partial charge in [-0.3, -0.25) is 9.24 Å². The molecule has 0 heterocycles. The molecular formula is C10H20NO2PS2. The summed E-state index contributed by atoms with van der Waals surface area (Å²) in [5.74, 6) is 0. The van der Waals surface area contributed by atoms with Gasteiger partial charge in [0.05, 0.1) is 12.1 Å². The Morgan fingerprint density at radius 3 is 2.75 bits per heavy atom. The van der Waals surface area contributed by atoms with Gasteiger partial charge in [0.1, 0.15) is 0 Å². The van der Waals surface area contributed by atoms with Gasteiger partial charge in [0.25, 0.3) is 0 Å². The summed E-state index contributed by atoms with van der Waals surface area (Å²) < 4.78 is 19.5. The fourth-order valence-corrected chi connectivity index (χ4v) is 5.61. The Balaban J connectivity index is 4.54. The maximum absolute atomic E-state index is 12.5. The highest BCUT2D eigenvalue weighted by molar-refractivity contribution is 8.56. The van der Waals surface area contributed by atoms with Gasteiger partial charge >= 0.3 is 6.72 Å². The third kappa shape index (κ3) is 5.48. The van der Waals surface area contributed by atoms with Crippen LogP contribution in [-0.4, -0.2) is 29.1 Å². The van der Waals surface area contributed by atoms with E-state index in [9.17, 15) is 4.57 Å². The molecule has 0 saturated carbocycles. The lowest BCUT2D eigenvalue weighted by molar-refractivity contribution is 0.312. The van der Waals surface area contributed by atoms with E-state index in [1.807, 2.05) is 6.92 Å². The summed E-state index contributed by atoms with van der Waals surface area (Å²) in [5.41, 5.74) is 1.38. The van der Waals surface area contributed by atoms with Crippen molar-refractivity contribution in [1.29, 1.82) is 0 Å². The van der Waals surface area contributed by atoms with Crippen LogP contribution >= 0.6 is 30.3 Å². The summed E-state index contributed by atoms with van der Waals surface area (Å²) in [6.45, 7) is 5.24. The molecule has 3 nitrogen and oxygen atoms in total. The Labute approximate surface area is 108 Å². The van der Waals surface area contributed by atoms with Gasteiger partial charge in [-0.25, -0.2) is 0 Å². The Morgan fingerprint density at radius 2 is 2.31 bits per heavy atom. The van der Waals surface area contributed by atoms with Gasteiger partial charge in [-0.1, -0.05) is 32.1 Å². The van der Waals surface area contributed by atoms with Crippen molar-refractivity contribution in [1.82, 2.24) is 4.67 Å². The molecule has 0 aromatic heterocycles. The lowest BCUT2D eigenvalue weighted by Gasteiger charge is -2.26. The minimum atomic E-state index is -2.87. The first-order valence-corrected chi connectivity index (χ1v) is 8.76. The highest BCUT2D eigenvalue weighted by atomic mass is 32.7. The third-order valence-electron chi connectivity index (χ3n) is 2.00.